The minimum absolute atomic E-state index is 0.0419. The van der Waals surface area contributed by atoms with E-state index in [9.17, 15) is 16.8 Å². The number of rotatable bonds is 8. The molecule has 1 unspecified atom stereocenters. The standard InChI is InChI=1S/C11H24N2O4S2/c1-2-6-12-7-4-9-19(16,17)13-11-5-3-8-18(14,15)10-11/h11-13H,2-10H2,1H3. The van der Waals surface area contributed by atoms with Crippen LogP contribution < -0.4 is 10.0 Å². The molecule has 19 heavy (non-hydrogen) atoms. The maximum Gasteiger partial charge on any atom is 0.211 e. The van der Waals surface area contributed by atoms with Crippen LogP contribution in [0.5, 0.6) is 0 Å². The summed E-state index contributed by atoms with van der Waals surface area (Å²) in [5, 5.41) is 3.14. The molecule has 0 bridgehead atoms. The molecule has 1 aliphatic rings. The van der Waals surface area contributed by atoms with Gasteiger partial charge in [-0.15, -0.1) is 0 Å². The van der Waals surface area contributed by atoms with Crippen LogP contribution in [0, 0.1) is 0 Å². The Morgan fingerprint density at radius 1 is 1.26 bits per heavy atom. The highest BCUT2D eigenvalue weighted by Crippen LogP contribution is 2.13. The summed E-state index contributed by atoms with van der Waals surface area (Å²) in [6, 6.07) is -0.452. The molecule has 114 valence electrons. The van der Waals surface area contributed by atoms with Gasteiger partial charge in [-0.05, 0) is 38.8 Å². The Hall–Kier alpha value is -0.180. The van der Waals surface area contributed by atoms with Crippen LogP contribution in [-0.2, 0) is 19.9 Å². The zero-order chi connectivity index (χ0) is 14.4. The molecule has 0 saturated carbocycles. The molecular weight excluding hydrogens is 288 g/mol. The van der Waals surface area contributed by atoms with Crippen molar-refractivity contribution in [3.05, 3.63) is 0 Å². The Labute approximate surface area is 116 Å². The van der Waals surface area contributed by atoms with E-state index < -0.39 is 25.9 Å². The maximum atomic E-state index is 11.8. The van der Waals surface area contributed by atoms with Crippen LogP contribution in [0.2, 0.25) is 0 Å². The van der Waals surface area contributed by atoms with Gasteiger partial charge in [0.15, 0.2) is 9.84 Å². The highest BCUT2D eigenvalue weighted by molar-refractivity contribution is 7.91. The summed E-state index contributed by atoms with van der Waals surface area (Å²) in [7, 11) is -6.45. The van der Waals surface area contributed by atoms with Crippen molar-refractivity contribution in [2.45, 2.75) is 38.6 Å². The predicted molar refractivity (Wildman–Crippen MR) is 76.4 cm³/mol. The summed E-state index contributed by atoms with van der Waals surface area (Å²) in [6.45, 7) is 3.60. The van der Waals surface area contributed by atoms with Crippen molar-refractivity contribution in [3.63, 3.8) is 0 Å². The van der Waals surface area contributed by atoms with Gasteiger partial charge < -0.3 is 5.32 Å². The molecule has 0 radical (unpaired) electrons. The van der Waals surface area contributed by atoms with Crippen molar-refractivity contribution in [2.75, 3.05) is 30.3 Å². The van der Waals surface area contributed by atoms with Gasteiger partial charge in [-0.25, -0.2) is 21.6 Å². The lowest BCUT2D eigenvalue weighted by molar-refractivity contribution is 0.515. The quantitative estimate of drug-likeness (QED) is 0.609. The lowest BCUT2D eigenvalue weighted by atomic mass is 10.2. The third-order valence-electron chi connectivity index (χ3n) is 3.00. The Kier molecular flexibility index (Phi) is 6.72. The molecular formula is C11H24N2O4S2. The molecule has 0 aromatic rings. The zero-order valence-corrected chi connectivity index (χ0v) is 13.0. The Morgan fingerprint density at radius 3 is 2.63 bits per heavy atom. The molecule has 0 aliphatic carbocycles. The molecule has 0 spiro atoms. The van der Waals surface area contributed by atoms with Gasteiger partial charge in [0.2, 0.25) is 10.0 Å². The van der Waals surface area contributed by atoms with Gasteiger partial charge in [-0.3, -0.25) is 0 Å². The largest absolute Gasteiger partial charge is 0.317 e. The fourth-order valence-corrected chi connectivity index (χ4v) is 5.21. The Morgan fingerprint density at radius 2 is 2.00 bits per heavy atom. The second-order valence-electron chi connectivity index (χ2n) is 4.99. The van der Waals surface area contributed by atoms with E-state index in [2.05, 4.69) is 17.0 Å². The third kappa shape index (κ3) is 7.24. The summed E-state index contributed by atoms with van der Waals surface area (Å²) in [5.74, 6) is 0.146. The molecule has 2 N–H and O–H groups in total. The van der Waals surface area contributed by atoms with E-state index in [1.165, 1.54) is 0 Å². The van der Waals surface area contributed by atoms with Gasteiger partial charge in [0.05, 0.1) is 17.3 Å². The van der Waals surface area contributed by atoms with Crippen molar-refractivity contribution < 1.29 is 16.8 Å². The second kappa shape index (κ2) is 7.56. The van der Waals surface area contributed by atoms with E-state index in [1.807, 2.05) is 0 Å². The van der Waals surface area contributed by atoms with E-state index in [0.717, 1.165) is 13.0 Å². The summed E-state index contributed by atoms with van der Waals surface area (Å²) >= 11 is 0. The molecule has 6 nitrogen and oxygen atoms in total. The fourth-order valence-electron chi connectivity index (χ4n) is 2.12. The minimum atomic E-state index is -3.37. The summed E-state index contributed by atoms with van der Waals surface area (Å²) in [5.41, 5.74) is 0. The Bertz CT molecular complexity index is 459. The molecule has 0 amide bonds. The van der Waals surface area contributed by atoms with Gasteiger partial charge in [-0.2, -0.15) is 0 Å². The van der Waals surface area contributed by atoms with Crippen molar-refractivity contribution in [2.24, 2.45) is 0 Å². The van der Waals surface area contributed by atoms with Crippen molar-refractivity contribution in [1.82, 2.24) is 10.0 Å². The molecule has 8 heteroatoms. The lowest BCUT2D eigenvalue weighted by Crippen LogP contribution is -2.44. The van der Waals surface area contributed by atoms with Gasteiger partial charge in [0.25, 0.3) is 0 Å². The van der Waals surface area contributed by atoms with Gasteiger partial charge in [0.1, 0.15) is 0 Å². The lowest BCUT2D eigenvalue weighted by Gasteiger charge is -2.22. The van der Waals surface area contributed by atoms with Crippen LogP contribution in [0.3, 0.4) is 0 Å². The minimum Gasteiger partial charge on any atom is -0.317 e. The van der Waals surface area contributed by atoms with Gasteiger partial charge >= 0.3 is 0 Å². The third-order valence-corrected chi connectivity index (χ3v) is 6.34. The van der Waals surface area contributed by atoms with Gasteiger partial charge in [0, 0.05) is 6.04 Å². The monoisotopic (exact) mass is 312 g/mol. The van der Waals surface area contributed by atoms with E-state index >= 15 is 0 Å². The second-order valence-corrected chi connectivity index (χ2v) is 9.10. The normalized spacial score (nSPS) is 23.3. The molecule has 1 fully saturated rings. The zero-order valence-electron chi connectivity index (χ0n) is 11.4. The average Bonchev–Trinajstić information content (AvgIpc) is 2.26. The van der Waals surface area contributed by atoms with E-state index in [4.69, 9.17) is 0 Å². The predicted octanol–water partition coefficient (Wildman–Crippen LogP) is -0.127. The first-order valence-corrected chi connectivity index (χ1v) is 10.2. The highest BCUT2D eigenvalue weighted by Gasteiger charge is 2.27. The Balaban J connectivity index is 2.33. The fraction of sp³-hybridized carbons (Fsp3) is 1.00. The summed E-state index contributed by atoms with van der Waals surface area (Å²) < 4.78 is 49.0. The van der Waals surface area contributed by atoms with Crippen molar-refractivity contribution in [1.29, 1.82) is 0 Å². The number of sulfonamides is 1. The van der Waals surface area contributed by atoms with Crippen LogP contribution in [0.4, 0.5) is 0 Å². The van der Waals surface area contributed by atoms with Gasteiger partial charge in [-0.1, -0.05) is 6.92 Å². The molecule has 1 aliphatic heterocycles. The molecule has 1 rings (SSSR count). The molecule has 0 aromatic carbocycles. The number of hydrogen-bond donors (Lipinski definition) is 2. The smallest absolute Gasteiger partial charge is 0.211 e. The van der Waals surface area contributed by atoms with Crippen molar-refractivity contribution >= 4 is 19.9 Å². The van der Waals surface area contributed by atoms with Crippen LogP contribution in [0.15, 0.2) is 0 Å². The van der Waals surface area contributed by atoms with Crippen molar-refractivity contribution in [3.8, 4) is 0 Å². The molecule has 0 aromatic heterocycles. The number of hydrogen-bond acceptors (Lipinski definition) is 5. The number of sulfone groups is 1. The van der Waals surface area contributed by atoms with Crippen LogP contribution in [-0.4, -0.2) is 53.2 Å². The van der Waals surface area contributed by atoms with E-state index in [-0.39, 0.29) is 17.3 Å². The van der Waals surface area contributed by atoms with E-state index in [1.54, 1.807) is 0 Å². The number of nitrogens with one attached hydrogen (secondary N) is 2. The molecule has 1 saturated heterocycles. The molecule has 1 atom stereocenters. The SMILES string of the molecule is CCCNCCCS(=O)(=O)NC1CCCS(=O)(=O)C1. The topological polar surface area (TPSA) is 92.3 Å². The highest BCUT2D eigenvalue weighted by atomic mass is 32.2. The molecule has 1 heterocycles. The first-order chi connectivity index (χ1) is 8.85. The van der Waals surface area contributed by atoms with Crippen LogP contribution in [0.1, 0.15) is 32.6 Å². The van der Waals surface area contributed by atoms with Crippen LogP contribution in [0.25, 0.3) is 0 Å². The van der Waals surface area contributed by atoms with E-state index in [0.29, 0.717) is 25.8 Å². The summed E-state index contributed by atoms with van der Waals surface area (Å²) in [6.07, 6.45) is 2.69. The average molecular weight is 312 g/mol. The first-order valence-electron chi connectivity index (χ1n) is 6.76. The summed E-state index contributed by atoms with van der Waals surface area (Å²) in [4.78, 5) is 0. The first kappa shape index (κ1) is 16.9. The van der Waals surface area contributed by atoms with Crippen LogP contribution >= 0.6 is 0 Å². The maximum absolute atomic E-state index is 11.8.